The molecule has 1 saturated heterocycles. The van der Waals surface area contributed by atoms with Crippen LogP contribution in [0.5, 0.6) is 0 Å². The van der Waals surface area contributed by atoms with Gasteiger partial charge in [0.1, 0.15) is 11.5 Å². The van der Waals surface area contributed by atoms with Gasteiger partial charge in [0.05, 0.1) is 0 Å². The number of nitrogens with zero attached hydrogens (tertiary/aromatic N) is 1. The molecule has 0 saturated carbocycles. The Bertz CT molecular complexity index is 380. The number of aryl methyl sites for hydroxylation is 2. The van der Waals surface area contributed by atoms with Gasteiger partial charge in [-0.25, -0.2) is 0 Å². The Labute approximate surface area is 111 Å². The molecule has 0 spiro atoms. The summed E-state index contributed by atoms with van der Waals surface area (Å²) in [6, 6.07) is 3.30. The summed E-state index contributed by atoms with van der Waals surface area (Å²) in [6.07, 6.45) is 2.60. The van der Waals surface area contributed by atoms with E-state index in [9.17, 15) is 0 Å². The van der Waals surface area contributed by atoms with Crippen LogP contribution in [-0.4, -0.2) is 30.6 Å². The first-order chi connectivity index (χ1) is 8.63. The highest BCUT2D eigenvalue weighted by Crippen LogP contribution is 2.29. The van der Waals surface area contributed by atoms with Crippen LogP contribution in [0.2, 0.25) is 0 Å². The van der Waals surface area contributed by atoms with E-state index in [1.54, 1.807) is 0 Å². The molecule has 3 nitrogen and oxygen atoms in total. The summed E-state index contributed by atoms with van der Waals surface area (Å²) in [5.74, 6) is 2.09. The van der Waals surface area contributed by atoms with E-state index in [4.69, 9.17) is 4.42 Å². The number of likely N-dealkylation sites (N-methyl/N-ethyl adjacent to an activating group) is 1. The summed E-state index contributed by atoms with van der Waals surface area (Å²) in [4.78, 5) is 2.60. The first kappa shape index (κ1) is 13.6. The Balaban J connectivity index is 2.13. The van der Waals surface area contributed by atoms with Crippen molar-refractivity contribution in [1.29, 1.82) is 0 Å². The van der Waals surface area contributed by atoms with Crippen molar-refractivity contribution in [2.75, 3.05) is 19.6 Å². The van der Waals surface area contributed by atoms with Crippen LogP contribution in [0.15, 0.2) is 10.5 Å². The molecule has 0 radical (unpaired) electrons. The average Bonchev–Trinajstić information content (AvgIpc) is 2.70. The number of piperidine rings is 1. The van der Waals surface area contributed by atoms with Crippen LogP contribution < -0.4 is 5.32 Å². The lowest BCUT2D eigenvalue weighted by molar-refractivity contribution is 0.127. The van der Waals surface area contributed by atoms with Crippen molar-refractivity contribution >= 4 is 0 Å². The maximum absolute atomic E-state index is 5.68. The molecular weight excluding hydrogens is 224 g/mol. The van der Waals surface area contributed by atoms with Crippen LogP contribution in [0.4, 0.5) is 0 Å². The lowest BCUT2D eigenvalue weighted by Gasteiger charge is -2.38. The zero-order valence-corrected chi connectivity index (χ0v) is 12.1. The Morgan fingerprint density at radius 2 is 2.28 bits per heavy atom. The average molecular weight is 250 g/mol. The molecule has 0 aliphatic carbocycles. The van der Waals surface area contributed by atoms with Gasteiger partial charge in [-0.05, 0) is 52.8 Å². The molecule has 3 heteroatoms. The second kappa shape index (κ2) is 5.89. The van der Waals surface area contributed by atoms with Crippen LogP contribution >= 0.6 is 0 Å². The van der Waals surface area contributed by atoms with Gasteiger partial charge >= 0.3 is 0 Å². The number of hydrogen-bond donors (Lipinski definition) is 1. The molecule has 1 N–H and O–H groups in total. The van der Waals surface area contributed by atoms with Crippen LogP contribution in [0.1, 0.15) is 49.8 Å². The van der Waals surface area contributed by atoms with E-state index in [1.165, 1.54) is 24.9 Å². The largest absolute Gasteiger partial charge is 0.466 e. The van der Waals surface area contributed by atoms with Gasteiger partial charge in [0.2, 0.25) is 0 Å². The maximum Gasteiger partial charge on any atom is 0.105 e. The third-order valence-corrected chi connectivity index (χ3v) is 4.13. The normalized spacial score (nSPS) is 22.4. The van der Waals surface area contributed by atoms with Crippen LogP contribution in [0.3, 0.4) is 0 Å². The molecule has 1 aliphatic heterocycles. The minimum atomic E-state index is 0.442. The molecule has 2 rings (SSSR count). The second-order valence-corrected chi connectivity index (χ2v) is 5.38. The zero-order chi connectivity index (χ0) is 13.1. The fourth-order valence-corrected chi connectivity index (χ4v) is 3.21. The van der Waals surface area contributed by atoms with Crippen molar-refractivity contribution in [3.63, 3.8) is 0 Å². The van der Waals surface area contributed by atoms with Gasteiger partial charge in [-0.1, -0.05) is 6.92 Å². The molecule has 2 heterocycles. The predicted molar refractivity (Wildman–Crippen MR) is 74.9 cm³/mol. The Kier molecular flexibility index (Phi) is 4.46. The van der Waals surface area contributed by atoms with Gasteiger partial charge in [-0.15, -0.1) is 0 Å². The highest BCUT2D eigenvalue weighted by Gasteiger charge is 2.26. The zero-order valence-electron chi connectivity index (χ0n) is 12.1. The van der Waals surface area contributed by atoms with E-state index in [-0.39, 0.29) is 0 Å². The SMILES string of the molecule is CCN(C1CCCNC1)C(C)c1cc(C)oc1C. The molecular formula is C15H26N2O. The van der Waals surface area contributed by atoms with E-state index < -0.39 is 0 Å². The van der Waals surface area contributed by atoms with Crippen molar-refractivity contribution in [1.82, 2.24) is 10.2 Å². The molecule has 0 aromatic carbocycles. The van der Waals surface area contributed by atoms with Crippen LogP contribution in [-0.2, 0) is 0 Å². The quantitative estimate of drug-likeness (QED) is 0.890. The monoisotopic (exact) mass is 250 g/mol. The molecule has 2 unspecified atom stereocenters. The molecule has 1 aromatic rings. The highest BCUT2D eigenvalue weighted by molar-refractivity contribution is 5.23. The van der Waals surface area contributed by atoms with E-state index in [0.29, 0.717) is 12.1 Å². The summed E-state index contributed by atoms with van der Waals surface area (Å²) in [5, 5.41) is 3.51. The second-order valence-electron chi connectivity index (χ2n) is 5.38. The Hall–Kier alpha value is -0.800. The van der Waals surface area contributed by atoms with Crippen molar-refractivity contribution in [2.24, 2.45) is 0 Å². The summed E-state index contributed by atoms with van der Waals surface area (Å²) in [5.41, 5.74) is 1.35. The van der Waals surface area contributed by atoms with Gasteiger partial charge in [0, 0.05) is 24.2 Å². The fourth-order valence-electron chi connectivity index (χ4n) is 3.21. The molecule has 18 heavy (non-hydrogen) atoms. The Morgan fingerprint density at radius 1 is 1.50 bits per heavy atom. The number of furan rings is 1. The first-order valence-corrected chi connectivity index (χ1v) is 7.16. The summed E-state index contributed by atoms with van der Waals surface area (Å²) in [6.45, 7) is 12.0. The molecule has 0 bridgehead atoms. The van der Waals surface area contributed by atoms with Crippen molar-refractivity contribution in [3.8, 4) is 0 Å². The number of nitrogens with one attached hydrogen (secondary N) is 1. The Morgan fingerprint density at radius 3 is 2.78 bits per heavy atom. The van der Waals surface area contributed by atoms with Crippen molar-refractivity contribution in [2.45, 2.75) is 52.6 Å². The van der Waals surface area contributed by atoms with E-state index in [0.717, 1.165) is 24.6 Å². The van der Waals surface area contributed by atoms with Gasteiger partial charge in [-0.3, -0.25) is 4.90 Å². The summed E-state index contributed by atoms with van der Waals surface area (Å²) < 4.78 is 5.68. The van der Waals surface area contributed by atoms with Gasteiger partial charge in [0.15, 0.2) is 0 Å². The fraction of sp³-hybridized carbons (Fsp3) is 0.733. The van der Waals surface area contributed by atoms with Crippen molar-refractivity contribution in [3.05, 3.63) is 23.2 Å². The summed E-state index contributed by atoms with van der Waals surface area (Å²) in [7, 11) is 0. The van der Waals surface area contributed by atoms with Crippen LogP contribution in [0.25, 0.3) is 0 Å². The molecule has 1 aliphatic rings. The molecule has 2 atom stereocenters. The molecule has 1 aromatic heterocycles. The standard InChI is InChI=1S/C15H26N2O/c1-5-17(14-7-6-8-16-10-14)12(3)15-9-11(2)18-13(15)4/h9,12,14,16H,5-8,10H2,1-4H3. The minimum Gasteiger partial charge on any atom is -0.466 e. The summed E-state index contributed by atoms with van der Waals surface area (Å²) >= 11 is 0. The molecule has 0 amide bonds. The molecule has 1 fully saturated rings. The third kappa shape index (κ3) is 2.78. The van der Waals surface area contributed by atoms with Gasteiger partial charge in [0.25, 0.3) is 0 Å². The van der Waals surface area contributed by atoms with E-state index in [2.05, 4.69) is 37.1 Å². The van der Waals surface area contributed by atoms with Crippen LogP contribution in [0, 0.1) is 13.8 Å². The number of hydrogen-bond acceptors (Lipinski definition) is 3. The lowest BCUT2D eigenvalue weighted by Crippen LogP contribution is -2.46. The van der Waals surface area contributed by atoms with E-state index in [1.807, 2.05) is 6.92 Å². The smallest absolute Gasteiger partial charge is 0.105 e. The predicted octanol–water partition coefficient (Wildman–Crippen LogP) is 3.03. The molecule has 102 valence electrons. The number of rotatable bonds is 4. The van der Waals surface area contributed by atoms with E-state index >= 15 is 0 Å². The maximum atomic E-state index is 5.68. The van der Waals surface area contributed by atoms with Crippen molar-refractivity contribution < 1.29 is 4.42 Å². The van der Waals surface area contributed by atoms with Gasteiger partial charge in [-0.2, -0.15) is 0 Å². The highest BCUT2D eigenvalue weighted by atomic mass is 16.3. The topological polar surface area (TPSA) is 28.4 Å². The lowest BCUT2D eigenvalue weighted by atomic mass is 10.0. The first-order valence-electron chi connectivity index (χ1n) is 7.16. The van der Waals surface area contributed by atoms with Gasteiger partial charge < -0.3 is 9.73 Å². The third-order valence-electron chi connectivity index (χ3n) is 4.13. The minimum absolute atomic E-state index is 0.442.